The first-order chi connectivity index (χ1) is 8.97. The summed E-state index contributed by atoms with van der Waals surface area (Å²) in [7, 11) is 3.24. The molecule has 1 saturated heterocycles. The highest BCUT2D eigenvalue weighted by Crippen LogP contribution is 2.38. The number of ether oxygens (including phenoxy) is 4. The molecule has 1 fully saturated rings. The Morgan fingerprint density at radius 1 is 1.16 bits per heavy atom. The molecule has 0 aliphatic carbocycles. The molecule has 1 heterocycles. The van der Waals surface area contributed by atoms with Crippen molar-refractivity contribution < 1.29 is 18.9 Å². The zero-order valence-corrected chi connectivity index (χ0v) is 12.2. The second-order valence-corrected chi connectivity index (χ2v) is 5.52. The molecule has 0 aromatic heterocycles. The van der Waals surface area contributed by atoms with Crippen LogP contribution in [0.3, 0.4) is 0 Å². The Kier molecular flexibility index (Phi) is 4.02. The van der Waals surface area contributed by atoms with E-state index in [1.807, 2.05) is 18.2 Å². The summed E-state index contributed by atoms with van der Waals surface area (Å²) in [6.45, 7) is 7.04. The zero-order chi connectivity index (χ0) is 14.0. The zero-order valence-electron chi connectivity index (χ0n) is 12.2. The standard InChI is InChI=1S/C15H22O4/c1-10-15(2,3)9-18-14(19-10)11-6-7-12(16-4)13(8-11)17-5/h6-8,10,14H,9H2,1-5H3/t10-,14-/m1/s1. The molecule has 1 aliphatic rings. The van der Waals surface area contributed by atoms with E-state index in [0.717, 1.165) is 5.56 Å². The minimum Gasteiger partial charge on any atom is -0.493 e. The molecule has 1 aromatic rings. The molecule has 0 radical (unpaired) electrons. The number of methoxy groups -OCH3 is 2. The Morgan fingerprint density at radius 3 is 2.42 bits per heavy atom. The van der Waals surface area contributed by atoms with Crippen molar-refractivity contribution in [3.8, 4) is 11.5 Å². The second kappa shape index (κ2) is 5.39. The summed E-state index contributed by atoms with van der Waals surface area (Å²) in [4.78, 5) is 0. The van der Waals surface area contributed by atoms with Gasteiger partial charge in [-0.2, -0.15) is 0 Å². The molecule has 106 valence electrons. The molecular formula is C15H22O4. The van der Waals surface area contributed by atoms with E-state index in [2.05, 4.69) is 20.8 Å². The van der Waals surface area contributed by atoms with Crippen LogP contribution in [0.4, 0.5) is 0 Å². The summed E-state index contributed by atoms with van der Waals surface area (Å²) in [6.07, 6.45) is -0.206. The Bertz CT molecular complexity index is 442. The van der Waals surface area contributed by atoms with E-state index in [1.54, 1.807) is 14.2 Å². The summed E-state index contributed by atoms with van der Waals surface area (Å²) >= 11 is 0. The van der Waals surface area contributed by atoms with Crippen LogP contribution >= 0.6 is 0 Å². The van der Waals surface area contributed by atoms with Gasteiger partial charge in [-0.3, -0.25) is 0 Å². The molecule has 0 unspecified atom stereocenters. The third kappa shape index (κ3) is 2.85. The Hall–Kier alpha value is -1.26. The van der Waals surface area contributed by atoms with Gasteiger partial charge in [-0.05, 0) is 19.1 Å². The summed E-state index contributed by atoms with van der Waals surface area (Å²) in [5, 5.41) is 0. The van der Waals surface area contributed by atoms with E-state index in [0.29, 0.717) is 18.1 Å². The van der Waals surface area contributed by atoms with Gasteiger partial charge in [-0.15, -0.1) is 0 Å². The van der Waals surface area contributed by atoms with Crippen LogP contribution in [0.15, 0.2) is 18.2 Å². The van der Waals surface area contributed by atoms with Crippen molar-refractivity contribution in [3.63, 3.8) is 0 Å². The third-order valence-electron chi connectivity index (χ3n) is 3.71. The van der Waals surface area contributed by atoms with E-state index < -0.39 is 0 Å². The molecule has 4 heteroatoms. The van der Waals surface area contributed by atoms with Gasteiger partial charge < -0.3 is 18.9 Å². The van der Waals surface area contributed by atoms with Crippen LogP contribution in [-0.2, 0) is 9.47 Å². The molecular weight excluding hydrogens is 244 g/mol. The molecule has 19 heavy (non-hydrogen) atoms. The van der Waals surface area contributed by atoms with Gasteiger partial charge in [0, 0.05) is 11.0 Å². The van der Waals surface area contributed by atoms with Gasteiger partial charge >= 0.3 is 0 Å². The number of hydrogen-bond donors (Lipinski definition) is 0. The first kappa shape index (κ1) is 14.2. The van der Waals surface area contributed by atoms with Gasteiger partial charge in [0.1, 0.15) is 0 Å². The molecule has 4 nitrogen and oxygen atoms in total. The van der Waals surface area contributed by atoms with Crippen molar-refractivity contribution in [3.05, 3.63) is 23.8 Å². The second-order valence-electron chi connectivity index (χ2n) is 5.52. The quantitative estimate of drug-likeness (QED) is 0.842. The average Bonchev–Trinajstić information content (AvgIpc) is 2.41. The summed E-state index contributed by atoms with van der Waals surface area (Å²) in [5.41, 5.74) is 0.979. The predicted molar refractivity (Wildman–Crippen MR) is 72.6 cm³/mol. The van der Waals surface area contributed by atoms with Gasteiger partial charge in [-0.1, -0.05) is 19.9 Å². The third-order valence-corrected chi connectivity index (χ3v) is 3.71. The van der Waals surface area contributed by atoms with Crippen LogP contribution < -0.4 is 9.47 Å². The largest absolute Gasteiger partial charge is 0.493 e. The molecule has 0 bridgehead atoms. The topological polar surface area (TPSA) is 36.9 Å². The van der Waals surface area contributed by atoms with Crippen molar-refractivity contribution >= 4 is 0 Å². The van der Waals surface area contributed by atoms with Crippen LogP contribution in [0.2, 0.25) is 0 Å². The fourth-order valence-electron chi connectivity index (χ4n) is 1.99. The van der Waals surface area contributed by atoms with Crippen LogP contribution in [0.1, 0.15) is 32.6 Å². The Balaban J connectivity index is 2.19. The van der Waals surface area contributed by atoms with Crippen LogP contribution in [-0.4, -0.2) is 26.9 Å². The lowest BCUT2D eigenvalue weighted by atomic mass is 9.87. The Morgan fingerprint density at radius 2 is 1.84 bits per heavy atom. The fourth-order valence-corrected chi connectivity index (χ4v) is 1.99. The smallest absolute Gasteiger partial charge is 0.184 e. The lowest BCUT2D eigenvalue weighted by Crippen LogP contribution is -2.40. The molecule has 0 amide bonds. The minimum atomic E-state index is -0.345. The summed E-state index contributed by atoms with van der Waals surface area (Å²) in [6, 6.07) is 5.71. The van der Waals surface area contributed by atoms with Gasteiger partial charge in [0.2, 0.25) is 0 Å². The van der Waals surface area contributed by atoms with Crippen molar-refractivity contribution in [1.82, 2.24) is 0 Å². The lowest BCUT2D eigenvalue weighted by Gasteiger charge is -2.40. The van der Waals surface area contributed by atoms with E-state index in [4.69, 9.17) is 18.9 Å². The number of rotatable bonds is 3. The summed E-state index contributed by atoms with van der Waals surface area (Å²) < 4.78 is 22.3. The maximum absolute atomic E-state index is 5.94. The highest BCUT2D eigenvalue weighted by molar-refractivity contribution is 5.43. The normalized spacial score (nSPS) is 25.9. The van der Waals surface area contributed by atoms with Crippen LogP contribution in [0, 0.1) is 5.41 Å². The van der Waals surface area contributed by atoms with E-state index in [9.17, 15) is 0 Å². The highest BCUT2D eigenvalue weighted by Gasteiger charge is 2.36. The minimum absolute atomic E-state index is 0.0348. The first-order valence-electron chi connectivity index (χ1n) is 6.47. The maximum Gasteiger partial charge on any atom is 0.184 e. The van der Waals surface area contributed by atoms with Crippen molar-refractivity contribution in [1.29, 1.82) is 0 Å². The average molecular weight is 266 g/mol. The molecule has 0 N–H and O–H groups in total. The fraction of sp³-hybridized carbons (Fsp3) is 0.600. The lowest BCUT2D eigenvalue weighted by molar-refractivity contribution is -0.259. The van der Waals surface area contributed by atoms with Crippen molar-refractivity contribution in [2.24, 2.45) is 5.41 Å². The monoisotopic (exact) mass is 266 g/mol. The van der Waals surface area contributed by atoms with Crippen molar-refractivity contribution in [2.75, 3.05) is 20.8 Å². The number of hydrogen-bond acceptors (Lipinski definition) is 4. The van der Waals surface area contributed by atoms with Gasteiger partial charge in [0.15, 0.2) is 17.8 Å². The molecule has 1 aromatic carbocycles. The van der Waals surface area contributed by atoms with Crippen molar-refractivity contribution in [2.45, 2.75) is 33.2 Å². The van der Waals surface area contributed by atoms with E-state index in [1.165, 1.54) is 0 Å². The SMILES string of the molecule is COc1ccc([C@@H]2OCC(C)(C)[C@@H](C)O2)cc1OC. The molecule has 0 saturated carbocycles. The number of benzene rings is 1. The Labute approximate surface area is 114 Å². The van der Waals surface area contributed by atoms with E-state index >= 15 is 0 Å². The summed E-state index contributed by atoms with van der Waals surface area (Å²) in [5.74, 6) is 1.39. The van der Waals surface area contributed by atoms with Gasteiger partial charge in [0.25, 0.3) is 0 Å². The van der Waals surface area contributed by atoms with E-state index in [-0.39, 0.29) is 17.8 Å². The van der Waals surface area contributed by atoms with Crippen LogP contribution in [0.5, 0.6) is 11.5 Å². The molecule has 2 atom stereocenters. The van der Waals surface area contributed by atoms with Gasteiger partial charge in [-0.25, -0.2) is 0 Å². The molecule has 0 spiro atoms. The van der Waals surface area contributed by atoms with Gasteiger partial charge in [0.05, 0.1) is 26.9 Å². The molecule has 2 rings (SSSR count). The first-order valence-corrected chi connectivity index (χ1v) is 6.47. The molecule has 1 aliphatic heterocycles. The van der Waals surface area contributed by atoms with Crippen LogP contribution in [0.25, 0.3) is 0 Å². The predicted octanol–water partition coefficient (Wildman–Crippen LogP) is 3.16. The highest BCUT2D eigenvalue weighted by atomic mass is 16.7. The maximum atomic E-state index is 5.94.